The van der Waals surface area contributed by atoms with Crippen LogP contribution in [0.1, 0.15) is 50.0 Å². The van der Waals surface area contributed by atoms with E-state index in [-0.39, 0.29) is 24.4 Å². The van der Waals surface area contributed by atoms with Gasteiger partial charge in [0.15, 0.2) is 12.1 Å². The van der Waals surface area contributed by atoms with E-state index in [0.717, 1.165) is 11.1 Å². The largest absolute Gasteiger partial charge is 0.438 e. The highest BCUT2D eigenvalue weighted by Gasteiger charge is 2.47. The zero-order chi connectivity index (χ0) is 22.5. The van der Waals surface area contributed by atoms with Crippen LogP contribution in [0, 0.1) is 6.92 Å². The van der Waals surface area contributed by atoms with E-state index in [1.54, 1.807) is 31.2 Å². The van der Waals surface area contributed by atoms with Crippen LogP contribution in [0.4, 0.5) is 10.5 Å². The third-order valence-electron chi connectivity index (χ3n) is 5.08. The maximum absolute atomic E-state index is 13.1. The summed E-state index contributed by atoms with van der Waals surface area (Å²) in [4.78, 5) is 39.1. The number of hydrogen-bond donors (Lipinski definition) is 2. The lowest BCUT2D eigenvalue weighted by atomic mass is 9.99. The second-order valence-corrected chi connectivity index (χ2v) is 8.05. The van der Waals surface area contributed by atoms with Crippen molar-refractivity contribution in [1.29, 1.82) is 0 Å². The summed E-state index contributed by atoms with van der Waals surface area (Å²) in [5, 5.41) is 5.71. The normalized spacial score (nSPS) is 18.1. The van der Waals surface area contributed by atoms with Crippen molar-refractivity contribution < 1.29 is 19.1 Å². The van der Waals surface area contributed by atoms with Gasteiger partial charge in [-0.2, -0.15) is 0 Å². The summed E-state index contributed by atoms with van der Waals surface area (Å²) in [6, 6.07) is 14.0. The van der Waals surface area contributed by atoms with Crippen molar-refractivity contribution in [2.45, 2.75) is 58.8 Å². The Bertz CT molecular complexity index is 956. The second kappa shape index (κ2) is 9.64. The number of ether oxygens (including phenoxy) is 1. The summed E-state index contributed by atoms with van der Waals surface area (Å²) >= 11 is 0. The number of nitrogens with zero attached hydrogens (tertiary/aromatic N) is 1. The second-order valence-electron chi connectivity index (χ2n) is 8.05. The number of carbonyl (C=O) groups excluding carboxylic acids is 3. The molecular weight excluding hydrogens is 394 g/mol. The molecule has 0 aliphatic carbocycles. The van der Waals surface area contributed by atoms with Crippen LogP contribution in [0.25, 0.3) is 0 Å². The van der Waals surface area contributed by atoms with Gasteiger partial charge < -0.3 is 15.4 Å². The summed E-state index contributed by atoms with van der Waals surface area (Å²) in [5.74, 6) is -0.392. The van der Waals surface area contributed by atoms with Gasteiger partial charge in [0.2, 0.25) is 11.8 Å². The smallest absolute Gasteiger partial charge is 0.411 e. The molecule has 0 spiro atoms. The molecule has 1 heterocycles. The van der Waals surface area contributed by atoms with Gasteiger partial charge in [-0.3, -0.25) is 14.5 Å². The molecule has 0 saturated carbocycles. The Kier molecular flexibility index (Phi) is 6.95. The van der Waals surface area contributed by atoms with Gasteiger partial charge in [0, 0.05) is 18.2 Å². The van der Waals surface area contributed by atoms with Crippen LogP contribution in [0.5, 0.6) is 0 Å². The van der Waals surface area contributed by atoms with E-state index in [1.807, 2.05) is 45.0 Å². The average Bonchev–Trinajstić information content (AvgIpc) is 3.05. The lowest BCUT2D eigenvalue weighted by molar-refractivity contribution is -0.126. The molecule has 1 aliphatic rings. The Morgan fingerprint density at radius 1 is 1.13 bits per heavy atom. The average molecular weight is 424 g/mol. The van der Waals surface area contributed by atoms with Gasteiger partial charge >= 0.3 is 6.09 Å². The molecule has 1 aliphatic heterocycles. The topological polar surface area (TPSA) is 87.7 Å². The van der Waals surface area contributed by atoms with E-state index in [1.165, 1.54) is 4.90 Å². The van der Waals surface area contributed by atoms with Crippen molar-refractivity contribution in [1.82, 2.24) is 10.2 Å². The van der Waals surface area contributed by atoms with Crippen LogP contribution in [-0.2, 0) is 20.9 Å². The number of anilines is 1. The molecule has 7 nitrogen and oxygen atoms in total. The Hall–Kier alpha value is -3.35. The van der Waals surface area contributed by atoms with Crippen LogP contribution >= 0.6 is 0 Å². The predicted octanol–water partition coefficient (Wildman–Crippen LogP) is 3.93. The molecule has 164 valence electrons. The van der Waals surface area contributed by atoms with Gasteiger partial charge in [-0.15, -0.1) is 0 Å². The number of nitrogens with one attached hydrogen (secondary N) is 2. The molecule has 1 fully saturated rings. The quantitative estimate of drug-likeness (QED) is 0.706. The Balaban J connectivity index is 1.92. The first-order chi connectivity index (χ1) is 14.8. The van der Waals surface area contributed by atoms with Crippen molar-refractivity contribution in [3.63, 3.8) is 0 Å². The van der Waals surface area contributed by atoms with Crippen LogP contribution in [0.3, 0.4) is 0 Å². The molecule has 3 amide bonds. The number of aryl methyl sites for hydroxylation is 1. The first-order valence-electron chi connectivity index (χ1n) is 10.5. The van der Waals surface area contributed by atoms with Crippen LogP contribution in [0.15, 0.2) is 48.5 Å². The monoisotopic (exact) mass is 423 g/mol. The van der Waals surface area contributed by atoms with Crippen molar-refractivity contribution in [2.75, 3.05) is 5.32 Å². The summed E-state index contributed by atoms with van der Waals surface area (Å²) in [5.41, 5.74) is 3.28. The van der Waals surface area contributed by atoms with E-state index in [4.69, 9.17) is 4.74 Å². The first-order valence-corrected chi connectivity index (χ1v) is 10.5. The van der Waals surface area contributed by atoms with Crippen molar-refractivity contribution >= 4 is 23.6 Å². The molecule has 2 atom stereocenters. The first kappa shape index (κ1) is 22.3. The molecular formula is C24H29N3O4. The molecule has 7 heteroatoms. The molecule has 2 N–H and O–H groups in total. The molecule has 1 saturated heterocycles. The van der Waals surface area contributed by atoms with Crippen LogP contribution in [0.2, 0.25) is 0 Å². The lowest BCUT2D eigenvalue weighted by Crippen LogP contribution is -2.48. The SMILES string of the molecule is CCC(=O)Nc1cccc([C@H]2OC(=O)N(Cc3ccc(C)cc3)[C@H]2C(=O)NC(C)C)c1. The molecule has 31 heavy (non-hydrogen) atoms. The minimum Gasteiger partial charge on any atom is -0.438 e. The van der Waals surface area contributed by atoms with Crippen molar-refractivity contribution in [3.05, 3.63) is 65.2 Å². The Morgan fingerprint density at radius 2 is 1.84 bits per heavy atom. The van der Waals surface area contributed by atoms with Gasteiger partial charge in [-0.1, -0.05) is 48.9 Å². The van der Waals surface area contributed by atoms with Gasteiger partial charge in [0.25, 0.3) is 0 Å². The minimum absolute atomic E-state index is 0.0831. The number of cyclic esters (lactones) is 1. The minimum atomic E-state index is -0.826. The van der Waals surface area contributed by atoms with E-state index < -0.39 is 18.2 Å². The maximum Gasteiger partial charge on any atom is 0.411 e. The number of hydrogen-bond acceptors (Lipinski definition) is 4. The van der Waals surface area contributed by atoms with E-state index in [9.17, 15) is 14.4 Å². The van der Waals surface area contributed by atoms with E-state index >= 15 is 0 Å². The zero-order valence-electron chi connectivity index (χ0n) is 18.3. The molecule has 0 radical (unpaired) electrons. The summed E-state index contributed by atoms with van der Waals surface area (Å²) in [7, 11) is 0. The Labute approximate surface area is 182 Å². The fraction of sp³-hybridized carbons (Fsp3) is 0.375. The van der Waals surface area contributed by atoms with Gasteiger partial charge in [-0.25, -0.2) is 4.79 Å². The molecule has 0 bridgehead atoms. The van der Waals surface area contributed by atoms with E-state index in [2.05, 4.69) is 10.6 Å². The molecule has 0 unspecified atom stereocenters. The number of rotatable bonds is 7. The standard InChI is InChI=1S/C24H29N3O4/c1-5-20(28)26-19-8-6-7-18(13-19)22-21(23(29)25-15(2)3)27(24(30)31-22)14-17-11-9-16(4)10-12-17/h6-13,15,21-22H,5,14H2,1-4H3,(H,25,29)(H,26,28)/t21-,22-/m1/s1. The lowest BCUT2D eigenvalue weighted by Gasteiger charge is -2.25. The van der Waals surface area contributed by atoms with Crippen LogP contribution in [-0.4, -0.2) is 34.9 Å². The predicted molar refractivity (Wildman–Crippen MR) is 118 cm³/mol. The summed E-state index contributed by atoms with van der Waals surface area (Å²) in [6.07, 6.45) is -0.973. The Morgan fingerprint density at radius 3 is 2.48 bits per heavy atom. The van der Waals surface area contributed by atoms with Gasteiger partial charge in [0.1, 0.15) is 0 Å². The molecule has 3 rings (SSSR count). The van der Waals surface area contributed by atoms with Crippen molar-refractivity contribution in [3.8, 4) is 0 Å². The number of amides is 3. The highest BCUT2D eigenvalue weighted by Crippen LogP contribution is 2.35. The highest BCUT2D eigenvalue weighted by molar-refractivity contribution is 5.91. The number of benzene rings is 2. The number of carbonyl (C=O) groups is 3. The highest BCUT2D eigenvalue weighted by atomic mass is 16.6. The summed E-state index contributed by atoms with van der Waals surface area (Å²) < 4.78 is 5.67. The summed E-state index contributed by atoms with van der Waals surface area (Å²) in [6.45, 7) is 7.77. The maximum atomic E-state index is 13.1. The third-order valence-corrected chi connectivity index (χ3v) is 5.08. The van der Waals surface area contributed by atoms with Gasteiger partial charge in [0.05, 0.1) is 6.54 Å². The molecule has 2 aromatic carbocycles. The van der Waals surface area contributed by atoms with Gasteiger partial charge in [-0.05, 0) is 44.0 Å². The third kappa shape index (κ3) is 5.42. The fourth-order valence-electron chi connectivity index (χ4n) is 3.51. The van der Waals surface area contributed by atoms with Crippen molar-refractivity contribution in [2.24, 2.45) is 0 Å². The zero-order valence-corrected chi connectivity index (χ0v) is 18.3. The van der Waals surface area contributed by atoms with E-state index in [0.29, 0.717) is 17.7 Å². The molecule has 2 aromatic rings. The molecule has 0 aromatic heterocycles. The fourth-order valence-corrected chi connectivity index (χ4v) is 3.51. The van der Waals surface area contributed by atoms with Crippen LogP contribution < -0.4 is 10.6 Å².